The van der Waals surface area contributed by atoms with Crippen molar-refractivity contribution in [2.24, 2.45) is 5.73 Å². The van der Waals surface area contributed by atoms with Crippen LogP contribution in [0, 0.1) is 0 Å². The van der Waals surface area contributed by atoms with E-state index in [4.69, 9.17) is 10.8 Å². The van der Waals surface area contributed by atoms with E-state index in [1.807, 2.05) is 0 Å². The zero-order valence-corrected chi connectivity index (χ0v) is 12.1. The van der Waals surface area contributed by atoms with Crippen LogP contribution in [0.5, 0.6) is 5.75 Å². The minimum atomic E-state index is -2.21. The molecule has 8 heteroatoms. The van der Waals surface area contributed by atoms with E-state index in [0.29, 0.717) is 0 Å². The van der Waals surface area contributed by atoms with Crippen molar-refractivity contribution in [2.45, 2.75) is 19.1 Å². The minimum absolute atomic E-state index is 0.0170. The molecule has 0 fully saturated rings. The number of hydrogen-bond donors (Lipinski definition) is 3. The average molecular weight is 350 g/mol. The molecule has 0 aliphatic carbocycles. The molecule has 0 aliphatic heterocycles. The number of nitrogens with two attached hydrogens (primary N) is 1. The Kier molecular flexibility index (Phi) is 5.46. The highest BCUT2D eigenvalue weighted by Gasteiger charge is 2.31. The number of carboxylic acids is 1. The number of ether oxygens (including phenoxy) is 1. The van der Waals surface area contributed by atoms with Crippen molar-refractivity contribution in [3.8, 4) is 5.75 Å². The number of esters is 1. The Balaban J connectivity index is 3.19. The maximum absolute atomic E-state index is 13.8. The SMILES string of the molecule is CCOC(=O)C(F)[C@H](N)c1cc(Br)cc(C(=O)O)c1O. The van der Waals surface area contributed by atoms with Crippen LogP contribution in [-0.2, 0) is 9.53 Å². The molecule has 0 saturated heterocycles. The molecule has 0 radical (unpaired) electrons. The molecule has 20 heavy (non-hydrogen) atoms. The predicted molar refractivity (Wildman–Crippen MR) is 71.2 cm³/mol. The summed E-state index contributed by atoms with van der Waals surface area (Å²) in [6, 6.07) is 0.855. The van der Waals surface area contributed by atoms with Crippen LogP contribution in [0.25, 0.3) is 0 Å². The van der Waals surface area contributed by atoms with Crippen LogP contribution in [-0.4, -0.2) is 34.9 Å². The van der Waals surface area contributed by atoms with E-state index in [2.05, 4.69) is 20.7 Å². The molecular weight excluding hydrogens is 337 g/mol. The van der Waals surface area contributed by atoms with Gasteiger partial charge in [-0.2, -0.15) is 0 Å². The molecule has 2 atom stereocenters. The number of rotatable bonds is 5. The molecule has 110 valence electrons. The Morgan fingerprint density at radius 2 is 2.10 bits per heavy atom. The van der Waals surface area contributed by atoms with Crippen molar-refractivity contribution in [3.05, 3.63) is 27.7 Å². The molecule has 0 saturated carbocycles. The van der Waals surface area contributed by atoms with Gasteiger partial charge in [-0.3, -0.25) is 0 Å². The monoisotopic (exact) mass is 349 g/mol. The number of benzene rings is 1. The van der Waals surface area contributed by atoms with Gasteiger partial charge in [-0.05, 0) is 19.1 Å². The van der Waals surface area contributed by atoms with Gasteiger partial charge in [-0.25, -0.2) is 14.0 Å². The first kappa shape index (κ1) is 16.4. The number of halogens is 2. The fraction of sp³-hybridized carbons (Fsp3) is 0.333. The summed E-state index contributed by atoms with van der Waals surface area (Å²) in [5, 5.41) is 18.7. The molecule has 0 aliphatic rings. The van der Waals surface area contributed by atoms with Crippen LogP contribution in [0.15, 0.2) is 16.6 Å². The van der Waals surface area contributed by atoms with Crippen LogP contribution < -0.4 is 5.73 Å². The van der Waals surface area contributed by atoms with Crippen molar-refractivity contribution in [3.63, 3.8) is 0 Å². The summed E-state index contributed by atoms with van der Waals surface area (Å²) in [6.45, 7) is 1.49. The first-order chi connectivity index (χ1) is 9.29. The van der Waals surface area contributed by atoms with Crippen molar-refractivity contribution in [1.82, 2.24) is 0 Å². The molecule has 1 unspecified atom stereocenters. The first-order valence-electron chi connectivity index (χ1n) is 5.61. The number of aromatic hydroxyl groups is 1. The lowest BCUT2D eigenvalue weighted by atomic mass is 9.99. The van der Waals surface area contributed by atoms with E-state index in [-0.39, 0.29) is 16.6 Å². The van der Waals surface area contributed by atoms with Crippen LogP contribution in [0.1, 0.15) is 28.9 Å². The van der Waals surface area contributed by atoms with E-state index in [1.54, 1.807) is 0 Å². The van der Waals surface area contributed by atoms with Gasteiger partial charge < -0.3 is 20.7 Å². The lowest BCUT2D eigenvalue weighted by Gasteiger charge is -2.18. The van der Waals surface area contributed by atoms with E-state index in [1.165, 1.54) is 13.0 Å². The summed E-state index contributed by atoms with van der Waals surface area (Å²) in [5.74, 6) is -3.25. The minimum Gasteiger partial charge on any atom is -0.507 e. The highest BCUT2D eigenvalue weighted by Crippen LogP contribution is 2.33. The molecule has 0 bridgehead atoms. The quantitative estimate of drug-likeness (QED) is 0.698. The van der Waals surface area contributed by atoms with Gasteiger partial charge in [0.15, 0.2) is 0 Å². The van der Waals surface area contributed by atoms with Gasteiger partial charge in [0.25, 0.3) is 0 Å². The van der Waals surface area contributed by atoms with Crippen LogP contribution in [0.3, 0.4) is 0 Å². The van der Waals surface area contributed by atoms with Gasteiger partial charge in [0, 0.05) is 10.0 Å². The fourth-order valence-corrected chi connectivity index (χ4v) is 2.04. The van der Waals surface area contributed by atoms with Gasteiger partial charge in [-0.1, -0.05) is 15.9 Å². The van der Waals surface area contributed by atoms with Gasteiger partial charge in [-0.15, -0.1) is 0 Å². The number of aromatic carboxylic acids is 1. The lowest BCUT2D eigenvalue weighted by Crippen LogP contribution is -2.31. The third-order valence-corrected chi connectivity index (χ3v) is 2.98. The molecule has 0 amide bonds. The van der Waals surface area contributed by atoms with Gasteiger partial charge in [0.2, 0.25) is 6.17 Å². The highest BCUT2D eigenvalue weighted by molar-refractivity contribution is 9.10. The van der Waals surface area contributed by atoms with Gasteiger partial charge >= 0.3 is 11.9 Å². The van der Waals surface area contributed by atoms with Crippen molar-refractivity contribution in [2.75, 3.05) is 6.61 Å². The van der Waals surface area contributed by atoms with Gasteiger partial charge in [0.05, 0.1) is 12.6 Å². The normalized spacial score (nSPS) is 13.6. The number of phenols is 1. The number of alkyl halides is 1. The predicted octanol–water partition coefficient (Wildman–Crippen LogP) is 1.75. The number of carbonyl (C=O) groups excluding carboxylic acids is 1. The Bertz CT molecular complexity index is 537. The second-order valence-electron chi connectivity index (χ2n) is 3.88. The third kappa shape index (κ3) is 3.45. The molecule has 0 spiro atoms. The molecule has 1 rings (SSSR count). The molecular formula is C12H13BrFNO5. The smallest absolute Gasteiger partial charge is 0.342 e. The maximum Gasteiger partial charge on any atom is 0.342 e. The Hall–Kier alpha value is -1.67. The number of carboxylic acid groups (broad SMARTS) is 1. The van der Waals surface area contributed by atoms with Gasteiger partial charge in [0.1, 0.15) is 11.3 Å². The summed E-state index contributed by atoms with van der Waals surface area (Å²) in [7, 11) is 0. The van der Waals surface area contributed by atoms with Crippen LogP contribution in [0.4, 0.5) is 4.39 Å². The highest BCUT2D eigenvalue weighted by atomic mass is 79.9. The third-order valence-electron chi connectivity index (χ3n) is 2.52. The standard InChI is InChI=1S/C12H13BrFNO5/c1-2-20-12(19)8(14)9(15)6-3-5(13)4-7(10(6)16)11(17)18/h3-4,8-9,16H,2,15H2,1H3,(H,17,18)/t8?,9-/m1/s1. The lowest BCUT2D eigenvalue weighted by molar-refractivity contribution is -0.149. The van der Waals surface area contributed by atoms with E-state index < -0.39 is 35.5 Å². The maximum atomic E-state index is 13.8. The Labute approximate surface area is 122 Å². The summed E-state index contributed by atoms with van der Waals surface area (Å²) < 4.78 is 18.6. The first-order valence-corrected chi connectivity index (χ1v) is 6.40. The second-order valence-corrected chi connectivity index (χ2v) is 4.79. The van der Waals surface area contributed by atoms with Crippen LogP contribution >= 0.6 is 15.9 Å². The molecule has 0 aromatic heterocycles. The molecule has 1 aromatic carbocycles. The zero-order valence-electron chi connectivity index (χ0n) is 10.5. The van der Waals surface area contributed by atoms with Crippen molar-refractivity contribution < 1.29 is 28.9 Å². The second kappa shape index (κ2) is 6.67. The average Bonchev–Trinajstić information content (AvgIpc) is 2.39. The van der Waals surface area contributed by atoms with E-state index in [0.717, 1.165) is 6.07 Å². The largest absolute Gasteiger partial charge is 0.507 e. The number of hydrogen-bond acceptors (Lipinski definition) is 5. The van der Waals surface area contributed by atoms with E-state index >= 15 is 0 Å². The number of carbonyl (C=O) groups is 2. The summed E-state index contributed by atoms with van der Waals surface area (Å²) in [4.78, 5) is 22.2. The summed E-state index contributed by atoms with van der Waals surface area (Å²) in [5.41, 5.74) is 4.92. The van der Waals surface area contributed by atoms with Crippen LogP contribution in [0.2, 0.25) is 0 Å². The summed E-state index contributed by atoms with van der Waals surface area (Å²) >= 11 is 3.03. The Morgan fingerprint density at radius 1 is 1.50 bits per heavy atom. The molecule has 4 N–H and O–H groups in total. The topological polar surface area (TPSA) is 110 Å². The molecule has 6 nitrogen and oxygen atoms in total. The Morgan fingerprint density at radius 3 is 2.60 bits per heavy atom. The zero-order chi connectivity index (χ0) is 15.4. The molecule has 0 heterocycles. The molecule has 1 aromatic rings. The van der Waals surface area contributed by atoms with Crippen molar-refractivity contribution in [1.29, 1.82) is 0 Å². The van der Waals surface area contributed by atoms with E-state index in [9.17, 15) is 19.1 Å². The fourth-order valence-electron chi connectivity index (χ4n) is 1.56. The summed E-state index contributed by atoms with van der Waals surface area (Å²) in [6.07, 6.45) is -2.21. The van der Waals surface area contributed by atoms with Crippen molar-refractivity contribution >= 4 is 27.9 Å².